The third kappa shape index (κ3) is 28.3. The number of cyclic esters (lactones) is 1. The third-order valence-corrected chi connectivity index (χ3v) is 16.9. The molecule has 0 aliphatic carbocycles. The minimum absolute atomic E-state index is 0.0238. The summed E-state index contributed by atoms with van der Waals surface area (Å²) in [5.74, 6) is -18.0. The lowest BCUT2D eigenvalue weighted by molar-refractivity contribution is -0.159. The molecule has 1 fully saturated rings. The third-order valence-electron chi connectivity index (χ3n) is 16.9. The molecule has 1 aliphatic rings. The van der Waals surface area contributed by atoms with E-state index in [1.54, 1.807) is 74.4 Å². The van der Waals surface area contributed by atoms with Gasteiger partial charge in [-0.3, -0.25) is 57.7 Å². The Bertz CT molecular complexity index is 3520. The van der Waals surface area contributed by atoms with Gasteiger partial charge in [0.25, 0.3) is 0 Å². The van der Waals surface area contributed by atoms with E-state index in [1.165, 1.54) is 44.2 Å². The van der Waals surface area contributed by atoms with Gasteiger partial charge in [0.2, 0.25) is 65.0 Å². The van der Waals surface area contributed by atoms with Gasteiger partial charge in [-0.1, -0.05) is 147 Å². The fourth-order valence-electron chi connectivity index (χ4n) is 11.0. The van der Waals surface area contributed by atoms with E-state index in [4.69, 9.17) is 26.7 Å². The van der Waals surface area contributed by atoms with Crippen LogP contribution in [-0.4, -0.2) is 207 Å². The van der Waals surface area contributed by atoms with Crippen LogP contribution in [0.15, 0.2) is 89.9 Å². The van der Waals surface area contributed by atoms with Gasteiger partial charge in [-0.2, -0.15) is 0 Å². The normalized spacial score (nSPS) is 22.7. The number of nitrogens with zero attached hydrogens (tertiary/aromatic N) is 1. The molecule has 584 valence electrons. The van der Waals surface area contributed by atoms with Crippen LogP contribution in [0.1, 0.15) is 132 Å². The number of nitrogens with one attached hydrogen (secondary N) is 11. The molecule has 0 aromatic heterocycles. The zero-order chi connectivity index (χ0) is 79.4. The lowest BCUT2D eigenvalue weighted by atomic mass is 9.95. The van der Waals surface area contributed by atoms with E-state index in [1.807, 2.05) is 53.1 Å². The Kier molecular flexibility index (Phi) is 34.9. The van der Waals surface area contributed by atoms with Crippen LogP contribution in [0.4, 0.5) is 4.79 Å². The number of guanidine groups is 1. The monoisotopic (exact) mass is 1490 g/mol. The summed E-state index contributed by atoms with van der Waals surface area (Å²) in [6, 6.07) is 4.75. The first-order valence-corrected chi connectivity index (χ1v) is 35.1. The van der Waals surface area contributed by atoms with Crippen molar-refractivity contribution in [3.05, 3.63) is 96.1 Å². The molecule has 106 heavy (non-hydrogen) atoms. The van der Waals surface area contributed by atoms with Crippen molar-refractivity contribution in [1.29, 1.82) is 0 Å². The van der Waals surface area contributed by atoms with Crippen LogP contribution in [0.2, 0.25) is 0 Å². The SMILES string of the molecule is CC[C@H](C)C1NC(=O)[C@@H](CCCN=C(N)N)NC(=O)[C@H](CC(C)C)NC(=O)[C@H]([C@H](O)C(C)C)NC(=O)[C@@H](NC(=O)[C@H](CC(C)C)NC(=O)[C@@H](Cc2ccc(-c3ccccc3)cc2)NC(=O)OC(C)(C)C)[C@@H](c2ccccc2)OC(=O)[C@H](CO)NC(=O)[C@H]([C@H](O)C(N)=O)NC(=O)CNC(=O)C([C@H](C)O)NC1=O. The summed E-state index contributed by atoms with van der Waals surface area (Å²) in [6.45, 7) is 16.3. The average molecular weight is 1490 g/mol. The van der Waals surface area contributed by atoms with Crippen molar-refractivity contribution >= 4 is 83.0 Å². The van der Waals surface area contributed by atoms with Crippen LogP contribution in [0.5, 0.6) is 0 Å². The Morgan fingerprint density at radius 3 is 1.71 bits per heavy atom. The topological polar surface area (TPSA) is 544 Å². The summed E-state index contributed by atoms with van der Waals surface area (Å²) in [7, 11) is 0. The molecular weight excluding hydrogens is 1380 g/mol. The van der Waals surface area contributed by atoms with Gasteiger partial charge in [-0.25, -0.2) is 9.59 Å². The van der Waals surface area contributed by atoms with Gasteiger partial charge in [0.15, 0.2) is 24.2 Å². The fraction of sp³-hybridized carbons (Fsp3) is 0.556. The molecule has 1 aliphatic heterocycles. The maximum atomic E-state index is 15.7. The summed E-state index contributed by atoms with van der Waals surface area (Å²) in [6.07, 6.45) is -9.84. The molecule has 1 saturated heterocycles. The highest BCUT2D eigenvalue weighted by Crippen LogP contribution is 2.26. The Labute approximate surface area is 616 Å². The summed E-state index contributed by atoms with van der Waals surface area (Å²) in [4.78, 5) is 191. The first-order chi connectivity index (χ1) is 49.7. The van der Waals surface area contributed by atoms with E-state index in [9.17, 15) is 68.4 Å². The molecule has 34 nitrogen and oxygen atoms in total. The lowest BCUT2D eigenvalue weighted by Crippen LogP contribution is -2.64. The van der Waals surface area contributed by atoms with E-state index in [2.05, 4.69) is 52.8 Å². The van der Waals surface area contributed by atoms with Gasteiger partial charge in [0, 0.05) is 13.0 Å². The lowest BCUT2D eigenvalue weighted by Gasteiger charge is -2.34. The number of carbonyl (C=O) groups is 13. The molecule has 0 saturated carbocycles. The Hall–Kier alpha value is -10.3. The van der Waals surface area contributed by atoms with Crippen LogP contribution < -0.4 is 75.7 Å². The molecule has 0 radical (unpaired) electrons. The second-order valence-corrected chi connectivity index (χ2v) is 28.3. The van der Waals surface area contributed by atoms with Crippen LogP contribution in [0.25, 0.3) is 11.1 Å². The number of aliphatic hydroxyl groups is 4. The molecule has 1 heterocycles. The highest BCUT2D eigenvalue weighted by atomic mass is 16.6. The second-order valence-electron chi connectivity index (χ2n) is 28.3. The molecule has 0 bridgehead atoms. The van der Waals surface area contributed by atoms with E-state index in [-0.39, 0.29) is 56.6 Å². The molecule has 0 spiro atoms. The predicted octanol–water partition coefficient (Wildman–Crippen LogP) is -2.01. The van der Waals surface area contributed by atoms with Crippen molar-refractivity contribution in [2.45, 2.75) is 212 Å². The van der Waals surface area contributed by atoms with Crippen LogP contribution in [-0.2, 0) is 73.4 Å². The number of ether oxygens (including phenoxy) is 2. The van der Waals surface area contributed by atoms with Gasteiger partial charge in [-0.15, -0.1) is 0 Å². The number of carbonyl (C=O) groups excluding carboxylic acids is 13. The highest BCUT2D eigenvalue weighted by molar-refractivity contribution is 6.00. The zero-order valence-corrected chi connectivity index (χ0v) is 61.9. The van der Waals surface area contributed by atoms with Gasteiger partial charge < -0.3 is 106 Å². The minimum atomic E-state index is -2.61. The smallest absolute Gasteiger partial charge is 0.408 e. The number of benzene rings is 3. The fourth-order valence-corrected chi connectivity index (χ4v) is 11.0. The van der Waals surface area contributed by atoms with Crippen molar-refractivity contribution in [3.8, 4) is 11.1 Å². The predicted molar refractivity (Wildman–Crippen MR) is 387 cm³/mol. The standard InChI is InChI=1S/C72H107N15O19/c1-13-39(8)51-65(99)85-52(40(9)89)64(98)77-34-50(90)83-54(57(92)59(73)93)67(101)81-49(35-88)69(103)105-58(44-23-18-15-19-24-44)55(68(102)86-53(56(91)38(6)7)66(100)80-46(31-36(2)3)61(95)78-45(60(94)84-51)25-20-30-76-70(74)75)87-63(97)47(32-37(4)5)79-62(96)48(82-71(104)106-72(10,11)12)33-41-26-28-43(29-27-41)42-21-16-14-17-22-42/h14-19,21-24,26-29,36-40,45-49,51-58,88-89,91-92H,13,20,25,30-35H2,1-12H3,(H2,73,93)(H,77,98)(H,78,95)(H,79,96)(H,80,100)(H,81,101)(H,82,104)(H,83,90)(H,84,94)(H,85,99)(H,86,102)(H,87,97)(H4,74,75,76)/t39-,40-,45+,46-,47-,48+,49-,51?,52?,53-,54-,55-,56+,57-,58+/m0/s1. The van der Waals surface area contributed by atoms with Crippen molar-refractivity contribution in [1.82, 2.24) is 58.5 Å². The largest absolute Gasteiger partial charge is 0.453 e. The number of esters is 1. The van der Waals surface area contributed by atoms with Crippen LogP contribution in [0, 0.1) is 23.7 Å². The molecular formula is C72H107N15O19. The minimum Gasteiger partial charge on any atom is -0.453 e. The molecule has 3 aromatic carbocycles. The number of hydrogen-bond donors (Lipinski definition) is 18. The summed E-state index contributed by atoms with van der Waals surface area (Å²) in [5, 5.41) is 71.4. The summed E-state index contributed by atoms with van der Waals surface area (Å²) < 4.78 is 11.6. The number of alkyl carbamates (subject to hydrolysis) is 1. The average Bonchev–Trinajstić information content (AvgIpc) is 0.817. The number of primary amides is 1. The number of aliphatic hydroxyl groups excluding tert-OH is 4. The molecule has 34 heteroatoms. The van der Waals surface area contributed by atoms with E-state index in [0.717, 1.165) is 18.1 Å². The zero-order valence-electron chi connectivity index (χ0n) is 61.9. The first kappa shape index (κ1) is 88.1. The van der Waals surface area contributed by atoms with Crippen molar-refractivity contribution in [2.75, 3.05) is 19.7 Å². The molecule has 2 unspecified atom stereocenters. The van der Waals surface area contributed by atoms with E-state index < -0.39 is 204 Å². The van der Waals surface area contributed by atoms with Crippen molar-refractivity contribution in [2.24, 2.45) is 45.9 Å². The number of aliphatic imine (C=N–C) groups is 1. The molecule has 15 atom stereocenters. The van der Waals surface area contributed by atoms with E-state index in [0.29, 0.717) is 5.56 Å². The maximum absolute atomic E-state index is 15.7. The first-order valence-electron chi connectivity index (χ1n) is 35.1. The summed E-state index contributed by atoms with van der Waals surface area (Å²) >= 11 is 0. The van der Waals surface area contributed by atoms with Gasteiger partial charge in [0.1, 0.15) is 60.0 Å². The van der Waals surface area contributed by atoms with Crippen LogP contribution >= 0.6 is 0 Å². The Balaban J connectivity index is 2.01. The number of nitrogens with two attached hydrogens (primary N) is 3. The van der Waals surface area contributed by atoms with E-state index >= 15 is 14.4 Å². The van der Waals surface area contributed by atoms with Crippen molar-refractivity contribution in [3.63, 3.8) is 0 Å². The van der Waals surface area contributed by atoms with Gasteiger partial charge in [-0.05, 0) is 99.3 Å². The quantitative estimate of drug-likeness (QED) is 0.0189. The van der Waals surface area contributed by atoms with Crippen molar-refractivity contribution < 1.29 is 92.2 Å². The van der Waals surface area contributed by atoms with Gasteiger partial charge >= 0.3 is 12.1 Å². The number of rotatable bonds is 25. The number of hydrogen-bond acceptors (Lipinski definition) is 20. The maximum Gasteiger partial charge on any atom is 0.408 e. The summed E-state index contributed by atoms with van der Waals surface area (Å²) in [5.41, 5.74) is 17.7. The second kappa shape index (κ2) is 42.0. The Morgan fingerprint density at radius 2 is 1.16 bits per heavy atom. The van der Waals surface area contributed by atoms with Gasteiger partial charge in [0.05, 0.1) is 25.4 Å². The molecule has 21 N–H and O–H groups in total. The number of amides is 12. The Morgan fingerprint density at radius 1 is 0.613 bits per heavy atom. The molecule has 3 aromatic rings. The van der Waals surface area contributed by atoms with Crippen LogP contribution in [0.3, 0.4) is 0 Å². The molecule has 12 amide bonds. The molecule has 4 rings (SSSR count). The highest BCUT2D eigenvalue weighted by Gasteiger charge is 2.44.